The third-order valence-corrected chi connectivity index (χ3v) is 6.97. The topological polar surface area (TPSA) is 122 Å². The van der Waals surface area contributed by atoms with Crippen molar-refractivity contribution in [2.24, 2.45) is 0 Å². The van der Waals surface area contributed by atoms with Crippen LogP contribution in [0.15, 0.2) is 53.4 Å². The first-order valence-corrected chi connectivity index (χ1v) is 11.8. The third-order valence-electron chi connectivity index (χ3n) is 5.06. The predicted octanol–water partition coefficient (Wildman–Crippen LogP) is 2.01. The van der Waals surface area contributed by atoms with Gasteiger partial charge in [-0.05, 0) is 49.2 Å². The van der Waals surface area contributed by atoms with Gasteiger partial charge in [-0.15, -0.1) is 0 Å². The number of amides is 2. The van der Waals surface area contributed by atoms with Gasteiger partial charge in [-0.25, -0.2) is 17.6 Å². The standard InChI is InChI=1S/C22H24FN3O6S/c23-19-8-4-3-7-18(19)21(28)25-24-20(27)15-32-22(29)16-9-11-17(12-10-16)33(30,31)26-13-5-1-2-6-14-26/h3-4,7-12H,1-2,5-6,13-15H2,(H,24,27)(H,25,28). The van der Waals surface area contributed by atoms with Crippen LogP contribution in [-0.4, -0.2) is 50.2 Å². The van der Waals surface area contributed by atoms with Gasteiger partial charge in [-0.1, -0.05) is 25.0 Å². The maximum absolute atomic E-state index is 13.5. The number of carbonyl (C=O) groups excluding carboxylic acids is 3. The van der Waals surface area contributed by atoms with E-state index in [0.717, 1.165) is 31.7 Å². The van der Waals surface area contributed by atoms with Gasteiger partial charge in [0.05, 0.1) is 16.0 Å². The molecular weight excluding hydrogens is 453 g/mol. The highest BCUT2D eigenvalue weighted by atomic mass is 32.2. The zero-order valence-electron chi connectivity index (χ0n) is 17.8. The van der Waals surface area contributed by atoms with Crippen molar-refractivity contribution in [3.05, 3.63) is 65.5 Å². The number of hydrogen-bond donors (Lipinski definition) is 2. The number of sulfonamides is 1. The molecule has 0 aliphatic carbocycles. The van der Waals surface area contributed by atoms with Crippen LogP contribution in [0.3, 0.4) is 0 Å². The van der Waals surface area contributed by atoms with Crippen LogP contribution in [0.1, 0.15) is 46.4 Å². The Labute approximate surface area is 190 Å². The number of ether oxygens (including phenoxy) is 1. The molecule has 0 saturated carbocycles. The Morgan fingerprint density at radius 2 is 1.55 bits per heavy atom. The minimum Gasteiger partial charge on any atom is -0.452 e. The molecule has 0 aromatic heterocycles. The first-order valence-electron chi connectivity index (χ1n) is 10.4. The number of esters is 1. The largest absolute Gasteiger partial charge is 0.452 e. The molecule has 0 unspecified atom stereocenters. The smallest absolute Gasteiger partial charge is 0.338 e. The maximum Gasteiger partial charge on any atom is 0.338 e. The van der Waals surface area contributed by atoms with Crippen LogP contribution in [0.25, 0.3) is 0 Å². The minimum atomic E-state index is -3.64. The quantitative estimate of drug-likeness (QED) is 0.485. The number of halogens is 1. The zero-order valence-corrected chi connectivity index (χ0v) is 18.6. The summed E-state index contributed by atoms with van der Waals surface area (Å²) in [7, 11) is -3.64. The highest BCUT2D eigenvalue weighted by Crippen LogP contribution is 2.21. The molecule has 1 aliphatic heterocycles. The summed E-state index contributed by atoms with van der Waals surface area (Å²) in [6, 6.07) is 10.5. The van der Waals surface area contributed by atoms with E-state index in [1.165, 1.54) is 46.8 Å². The fraction of sp³-hybridized carbons (Fsp3) is 0.318. The van der Waals surface area contributed by atoms with Gasteiger partial charge in [-0.2, -0.15) is 4.31 Å². The van der Waals surface area contributed by atoms with Crippen LogP contribution < -0.4 is 10.9 Å². The molecule has 0 spiro atoms. The monoisotopic (exact) mass is 477 g/mol. The van der Waals surface area contributed by atoms with Crippen LogP contribution >= 0.6 is 0 Å². The number of benzene rings is 2. The molecule has 1 aliphatic rings. The van der Waals surface area contributed by atoms with Crippen molar-refractivity contribution in [3.8, 4) is 0 Å². The molecule has 33 heavy (non-hydrogen) atoms. The predicted molar refractivity (Wildman–Crippen MR) is 116 cm³/mol. The lowest BCUT2D eigenvalue weighted by Gasteiger charge is -2.19. The Kier molecular flexibility index (Phi) is 8.12. The lowest BCUT2D eigenvalue weighted by atomic mass is 10.2. The molecule has 1 saturated heterocycles. The molecule has 2 amide bonds. The number of hydrogen-bond acceptors (Lipinski definition) is 6. The third kappa shape index (κ3) is 6.36. The van der Waals surface area contributed by atoms with Crippen LogP contribution in [0.2, 0.25) is 0 Å². The van der Waals surface area contributed by atoms with E-state index in [4.69, 9.17) is 4.74 Å². The van der Waals surface area contributed by atoms with E-state index in [-0.39, 0.29) is 16.0 Å². The van der Waals surface area contributed by atoms with E-state index in [1.54, 1.807) is 0 Å². The molecule has 0 atom stereocenters. The average Bonchev–Trinajstić information content (AvgIpc) is 3.11. The van der Waals surface area contributed by atoms with Crippen LogP contribution in [-0.2, 0) is 19.6 Å². The summed E-state index contributed by atoms with van der Waals surface area (Å²) in [5.41, 5.74) is 3.84. The molecular formula is C22H24FN3O6S. The summed E-state index contributed by atoms with van der Waals surface area (Å²) in [6.45, 7) is 0.230. The Morgan fingerprint density at radius 3 is 2.18 bits per heavy atom. The Balaban J connectivity index is 1.50. The second-order valence-electron chi connectivity index (χ2n) is 7.40. The fourth-order valence-electron chi connectivity index (χ4n) is 3.28. The molecule has 2 N–H and O–H groups in total. The van der Waals surface area contributed by atoms with Crippen molar-refractivity contribution >= 4 is 27.8 Å². The van der Waals surface area contributed by atoms with Gasteiger partial charge in [0.2, 0.25) is 10.0 Å². The molecule has 0 bridgehead atoms. The number of nitrogens with one attached hydrogen (secondary N) is 2. The van der Waals surface area contributed by atoms with Crippen LogP contribution in [0.5, 0.6) is 0 Å². The van der Waals surface area contributed by atoms with Crippen LogP contribution in [0.4, 0.5) is 4.39 Å². The second kappa shape index (κ2) is 11.0. The van der Waals surface area contributed by atoms with Crippen molar-refractivity contribution in [1.82, 2.24) is 15.2 Å². The Bertz CT molecular complexity index is 1110. The van der Waals surface area contributed by atoms with Gasteiger partial charge in [0.25, 0.3) is 11.8 Å². The van der Waals surface area contributed by atoms with Gasteiger partial charge in [-0.3, -0.25) is 20.4 Å². The van der Waals surface area contributed by atoms with Crippen molar-refractivity contribution in [2.45, 2.75) is 30.6 Å². The molecule has 2 aromatic rings. The van der Waals surface area contributed by atoms with Gasteiger partial charge >= 0.3 is 5.97 Å². The van der Waals surface area contributed by atoms with E-state index in [9.17, 15) is 27.2 Å². The highest BCUT2D eigenvalue weighted by Gasteiger charge is 2.25. The highest BCUT2D eigenvalue weighted by molar-refractivity contribution is 7.89. The van der Waals surface area contributed by atoms with Crippen LogP contribution in [0, 0.1) is 5.82 Å². The SMILES string of the molecule is O=C(COC(=O)c1ccc(S(=O)(=O)N2CCCCCC2)cc1)NNC(=O)c1ccccc1F. The lowest BCUT2D eigenvalue weighted by Crippen LogP contribution is -2.43. The first-order chi connectivity index (χ1) is 15.8. The summed E-state index contributed by atoms with van der Waals surface area (Å²) in [6.07, 6.45) is 3.62. The normalized spacial score (nSPS) is 14.7. The number of nitrogens with zero attached hydrogens (tertiary/aromatic N) is 1. The first kappa shape index (κ1) is 24.3. The van der Waals surface area contributed by atoms with E-state index in [2.05, 4.69) is 0 Å². The van der Waals surface area contributed by atoms with E-state index in [0.29, 0.717) is 13.1 Å². The Hall–Kier alpha value is -3.31. The molecule has 1 fully saturated rings. The molecule has 176 valence electrons. The van der Waals surface area contributed by atoms with Crippen molar-refractivity contribution in [1.29, 1.82) is 0 Å². The van der Waals surface area contributed by atoms with Crippen molar-refractivity contribution in [2.75, 3.05) is 19.7 Å². The summed E-state index contributed by atoms with van der Waals surface area (Å²) < 4.78 is 45.4. The number of rotatable bonds is 6. The van der Waals surface area contributed by atoms with Gasteiger partial charge in [0.15, 0.2) is 6.61 Å². The van der Waals surface area contributed by atoms with E-state index >= 15 is 0 Å². The Morgan fingerprint density at radius 1 is 0.909 bits per heavy atom. The molecule has 11 heteroatoms. The summed E-state index contributed by atoms with van der Waals surface area (Å²) in [5, 5.41) is 0. The number of hydrazine groups is 1. The lowest BCUT2D eigenvalue weighted by molar-refractivity contribution is -0.125. The van der Waals surface area contributed by atoms with E-state index in [1.807, 2.05) is 10.9 Å². The van der Waals surface area contributed by atoms with Gasteiger partial charge < -0.3 is 4.74 Å². The minimum absolute atomic E-state index is 0.0630. The second-order valence-corrected chi connectivity index (χ2v) is 9.34. The van der Waals surface area contributed by atoms with Gasteiger partial charge in [0, 0.05) is 13.1 Å². The fourth-order valence-corrected chi connectivity index (χ4v) is 4.80. The summed E-state index contributed by atoms with van der Waals surface area (Å²) in [5.74, 6) is -3.30. The molecule has 2 aromatic carbocycles. The summed E-state index contributed by atoms with van der Waals surface area (Å²) in [4.78, 5) is 35.9. The average molecular weight is 478 g/mol. The molecule has 3 rings (SSSR count). The molecule has 0 radical (unpaired) electrons. The van der Waals surface area contributed by atoms with Crippen molar-refractivity contribution < 1.29 is 31.9 Å². The maximum atomic E-state index is 13.5. The zero-order chi connectivity index (χ0) is 23.8. The van der Waals surface area contributed by atoms with Gasteiger partial charge in [0.1, 0.15) is 5.82 Å². The molecule has 1 heterocycles. The number of carbonyl (C=O) groups is 3. The van der Waals surface area contributed by atoms with E-state index < -0.39 is 40.2 Å². The van der Waals surface area contributed by atoms with Crippen molar-refractivity contribution in [3.63, 3.8) is 0 Å². The molecule has 9 nitrogen and oxygen atoms in total. The summed E-state index contributed by atoms with van der Waals surface area (Å²) >= 11 is 0.